The monoisotopic (exact) mass is 285 g/mol. The molecule has 0 saturated carbocycles. The van der Waals surface area contributed by atoms with Gasteiger partial charge in [0.15, 0.2) is 0 Å². The van der Waals surface area contributed by atoms with Crippen molar-refractivity contribution < 1.29 is 4.74 Å². The molecule has 2 heterocycles. The van der Waals surface area contributed by atoms with Crippen LogP contribution in [0, 0.1) is 0 Å². The summed E-state index contributed by atoms with van der Waals surface area (Å²) in [6.07, 6.45) is 4.82. The highest BCUT2D eigenvalue weighted by Crippen LogP contribution is 2.28. The number of aromatic nitrogens is 2. The molecule has 5 nitrogen and oxygen atoms in total. The van der Waals surface area contributed by atoms with Crippen molar-refractivity contribution in [1.82, 2.24) is 15.3 Å². The van der Waals surface area contributed by atoms with Crippen molar-refractivity contribution in [3.8, 4) is 5.88 Å². The molecule has 0 aliphatic heterocycles. The lowest BCUT2D eigenvalue weighted by Gasteiger charge is -2.26. The maximum absolute atomic E-state index is 11.4. The van der Waals surface area contributed by atoms with Crippen LogP contribution in [-0.2, 0) is 13.0 Å². The molecule has 110 valence electrons. The zero-order chi connectivity index (χ0) is 14.7. The van der Waals surface area contributed by atoms with E-state index in [1.165, 1.54) is 5.56 Å². The van der Waals surface area contributed by atoms with Gasteiger partial charge in [-0.2, -0.15) is 0 Å². The van der Waals surface area contributed by atoms with Gasteiger partial charge in [-0.25, -0.2) is 4.98 Å². The highest BCUT2D eigenvalue weighted by molar-refractivity contribution is 5.28. The average Bonchev–Trinajstić information content (AvgIpc) is 2.52. The molecule has 21 heavy (non-hydrogen) atoms. The fraction of sp³-hybridized carbons (Fsp3) is 0.375. The summed E-state index contributed by atoms with van der Waals surface area (Å²) >= 11 is 0. The zero-order valence-electron chi connectivity index (χ0n) is 12.1. The number of H-pyrrole nitrogens is 1. The van der Waals surface area contributed by atoms with E-state index in [1.807, 2.05) is 18.2 Å². The summed E-state index contributed by atoms with van der Waals surface area (Å²) in [5.74, 6) is 0.655. The van der Waals surface area contributed by atoms with Gasteiger partial charge in [0, 0.05) is 36.1 Å². The number of hydrogen-bond donors (Lipinski definition) is 2. The van der Waals surface area contributed by atoms with Gasteiger partial charge in [0.2, 0.25) is 11.4 Å². The fourth-order valence-corrected chi connectivity index (χ4v) is 2.89. The van der Waals surface area contributed by atoms with Crippen molar-refractivity contribution in [3.05, 3.63) is 57.6 Å². The maximum Gasteiger partial charge on any atom is 0.248 e. The van der Waals surface area contributed by atoms with Crippen LogP contribution in [0.4, 0.5) is 0 Å². The van der Waals surface area contributed by atoms with Crippen LogP contribution in [0.15, 0.2) is 35.3 Å². The number of fused-ring (bicyclic) bond motifs is 1. The van der Waals surface area contributed by atoms with Gasteiger partial charge < -0.3 is 15.0 Å². The number of pyridine rings is 2. The van der Waals surface area contributed by atoms with E-state index in [0.717, 1.165) is 30.5 Å². The number of hydrogen-bond acceptors (Lipinski definition) is 4. The molecular weight excluding hydrogens is 266 g/mol. The Morgan fingerprint density at radius 2 is 2.33 bits per heavy atom. The van der Waals surface area contributed by atoms with E-state index in [9.17, 15) is 4.79 Å². The summed E-state index contributed by atoms with van der Waals surface area (Å²) in [4.78, 5) is 18.6. The van der Waals surface area contributed by atoms with Crippen LogP contribution in [0.3, 0.4) is 0 Å². The molecule has 0 radical (unpaired) electrons. The quantitative estimate of drug-likeness (QED) is 0.901. The molecule has 0 fully saturated rings. The Bertz CT molecular complexity index is 681. The Labute approximate surface area is 123 Å². The first-order valence-electron chi connectivity index (χ1n) is 7.21. The van der Waals surface area contributed by atoms with E-state index in [2.05, 4.69) is 15.3 Å². The van der Waals surface area contributed by atoms with Gasteiger partial charge in [-0.05, 0) is 30.9 Å². The lowest BCUT2D eigenvalue weighted by molar-refractivity contribution is 0.385. The average molecular weight is 285 g/mol. The number of rotatable bonds is 4. The van der Waals surface area contributed by atoms with E-state index in [0.29, 0.717) is 12.4 Å². The minimum Gasteiger partial charge on any atom is -0.481 e. The number of methoxy groups -OCH3 is 1. The van der Waals surface area contributed by atoms with Crippen molar-refractivity contribution in [3.63, 3.8) is 0 Å². The molecule has 0 saturated heterocycles. The lowest BCUT2D eigenvalue weighted by Crippen LogP contribution is -2.27. The summed E-state index contributed by atoms with van der Waals surface area (Å²) in [6, 6.07) is 7.71. The minimum atomic E-state index is -0.0247. The third kappa shape index (κ3) is 2.97. The van der Waals surface area contributed by atoms with Gasteiger partial charge in [0.25, 0.3) is 0 Å². The molecule has 0 bridgehead atoms. The number of ether oxygens (including phenoxy) is 1. The van der Waals surface area contributed by atoms with Crippen LogP contribution < -0.4 is 15.6 Å². The van der Waals surface area contributed by atoms with Crippen LogP contribution in [-0.4, -0.2) is 17.1 Å². The molecule has 0 spiro atoms. The molecule has 2 N–H and O–H groups in total. The predicted molar refractivity (Wildman–Crippen MR) is 80.4 cm³/mol. The first-order chi connectivity index (χ1) is 10.3. The molecule has 0 amide bonds. The number of aromatic amines is 1. The van der Waals surface area contributed by atoms with Gasteiger partial charge in [-0.15, -0.1) is 0 Å². The second kappa shape index (κ2) is 6.10. The normalized spacial score (nSPS) is 17.3. The molecule has 1 unspecified atom stereocenters. The Morgan fingerprint density at radius 1 is 1.43 bits per heavy atom. The van der Waals surface area contributed by atoms with Gasteiger partial charge in [0.05, 0.1) is 7.11 Å². The fourth-order valence-electron chi connectivity index (χ4n) is 2.89. The highest BCUT2D eigenvalue weighted by Gasteiger charge is 2.20. The molecule has 2 aromatic rings. The predicted octanol–water partition coefficient (Wildman–Crippen LogP) is 1.95. The summed E-state index contributed by atoms with van der Waals surface area (Å²) < 4.78 is 5.27. The molecule has 0 aromatic carbocycles. The van der Waals surface area contributed by atoms with Crippen molar-refractivity contribution in [2.24, 2.45) is 0 Å². The highest BCUT2D eigenvalue weighted by atomic mass is 16.5. The second-order valence-corrected chi connectivity index (χ2v) is 5.25. The smallest absolute Gasteiger partial charge is 0.248 e. The lowest BCUT2D eigenvalue weighted by atomic mass is 9.91. The first-order valence-corrected chi connectivity index (χ1v) is 7.21. The largest absolute Gasteiger partial charge is 0.481 e. The molecule has 1 aliphatic rings. The third-order valence-corrected chi connectivity index (χ3v) is 3.91. The van der Waals surface area contributed by atoms with Crippen LogP contribution in [0.1, 0.15) is 35.7 Å². The van der Waals surface area contributed by atoms with Gasteiger partial charge in [-0.1, -0.05) is 12.1 Å². The summed E-state index contributed by atoms with van der Waals surface area (Å²) in [6.45, 7) is 0.695. The zero-order valence-corrected chi connectivity index (χ0v) is 12.1. The number of nitrogens with one attached hydrogen (secondary N) is 2. The van der Waals surface area contributed by atoms with E-state index in [1.54, 1.807) is 19.4 Å². The molecular formula is C16H19N3O2. The first kappa shape index (κ1) is 13.8. The third-order valence-electron chi connectivity index (χ3n) is 3.91. The molecule has 3 rings (SSSR count). The van der Waals surface area contributed by atoms with Crippen LogP contribution >= 0.6 is 0 Å². The van der Waals surface area contributed by atoms with Gasteiger partial charge >= 0.3 is 0 Å². The topological polar surface area (TPSA) is 67.0 Å². The van der Waals surface area contributed by atoms with Crippen LogP contribution in [0.2, 0.25) is 0 Å². The molecule has 2 aromatic heterocycles. The standard InChI is InChI=1S/C16H19N3O2/c1-21-16-11(4-3-9-17-16)10-18-13-5-2-6-14-12(13)7-8-15(20)19-14/h3-4,7-9,13,18H,2,5-6,10H2,1H3,(H,19,20). The Hall–Kier alpha value is -2.14. The van der Waals surface area contributed by atoms with Gasteiger partial charge in [0.1, 0.15) is 0 Å². The summed E-state index contributed by atoms with van der Waals surface area (Å²) in [5, 5.41) is 3.55. The minimum absolute atomic E-state index is 0.0247. The Morgan fingerprint density at radius 3 is 3.19 bits per heavy atom. The molecule has 1 atom stereocenters. The van der Waals surface area contributed by atoms with Crippen molar-refractivity contribution >= 4 is 0 Å². The Balaban J connectivity index is 1.76. The van der Waals surface area contributed by atoms with Crippen molar-refractivity contribution in [1.29, 1.82) is 0 Å². The Kier molecular flexibility index (Phi) is 4.01. The van der Waals surface area contributed by atoms with Crippen LogP contribution in [0.25, 0.3) is 0 Å². The van der Waals surface area contributed by atoms with Crippen LogP contribution in [0.5, 0.6) is 5.88 Å². The van der Waals surface area contributed by atoms with Crippen molar-refractivity contribution in [2.45, 2.75) is 31.8 Å². The number of aryl methyl sites for hydroxylation is 1. The summed E-state index contributed by atoms with van der Waals surface area (Å²) in [7, 11) is 1.63. The van der Waals surface area contributed by atoms with E-state index in [-0.39, 0.29) is 11.6 Å². The number of nitrogens with zero attached hydrogens (tertiary/aromatic N) is 1. The van der Waals surface area contributed by atoms with Gasteiger partial charge in [-0.3, -0.25) is 4.79 Å². The van der Waals surface area contributed by atoms with Crippen molar-refractivity contribution in [2.75, 3.05) is 7.11 Å². The second-order valence-electron chi connectivity index (χ2n) is 5.25. The van der Waals surface area contributed by atoms with E-state index >= 15 is 0 Å². The van der Waals surface area contributed by atoms with E-state index < -0.39 is 0 Å². The SMILES string of the molecule is COc1ncccc1CNC1CCCc2[nH]c(=O)ccc21. The molecule has 1 aliphatic carbocycles. The molecule has 5 heteroatoms. The van der Waals surface area contributed by atoms with E-state index in [4.69, 9.17) is 4.74 Å². The summed E-state index contributed by atoms with van der Waals surface area (Å²) in [5.41, 5.74) is 3.27. The maximum atomic E-state index is 11.4.